The van der Waals surface area contributed by atoms with E-state index in [4.69, 9.17) is 0 Å². The van der Waals surface area contributed by atoms with Crippen LogP contribution in [0.15, 0.2) is 0 Å². The maximum atomic E-state index is 13.6. The summed E-state index contributed by atoms with van der Waals surface area (Å²) in [4.78, 5) is 11.6. The van der Waals surface area contributed by atoms with Gasteiger partial charge in [-0.1, -0.05) is 0 Å². The molecule has 0 radical (unpaired) electrons. The average molecular weight is 375 g/mol. The molecule has 0 aromatic heterocycles. The molecule has 6 nitrogen and oxygen atoms in total. The Labute approximate surface area is 134 Å². The third kappa shape index (κ3) is 2.51. The predicted molar refractivity (Wildman–Crippen MR) is 68.0 cm³/mol. The van der Waals surface area contributed by atoms with E-state index >= 15 is 0 Å². The Balaban J connectivity index is 1.85. The van der Waals surface area contributed by atoms with Crippen molar-refractivity contribution < 1.29 is 45.2 Å². The normalized spacial score (nSPS) is 39.1. The largest absolute Gasteiger partial charge is 0.743 e. The van der Waals surface area contributed by atoms with Crippen molar-refractivity contribution in [3.05, 3.63) is 0 Å². The lowest BCUT2D eigenvalue weighted by molar-refractivity contribution is -0.248. The molecule has 4 aliphatic carbocycles. The van der Waals surface area contributed by atoms with Gasteiger partial charge in [-0.05, 0) is 43.9 Å². The number of carbonyl (C=O) groups excluding carboxylic acids is 1. The van der Waals surface area contributed by atoms with Gasteiger partial charge in [0, 0.05) is 6.42 Å². The van der Waals surface area contributed by atoms with Crippen LogP contribution in [0.2, 0.25) is 0 Å². The van der Waals surface area contributed by atoms with Crippen molar-refractivity contribution in [2.45, 2.75) is 60.9 Å². The number of hydrogen-bond donors (Lipinski definition) is 1. The lowest BCUT2D eigenvalue weighted by Crippen LogP contribution is -2.62. The second kappa shape index (κ2) is 4.82. The average Bonchev–Trinajstić information content (AvgIpc) is 2.32. The van der Waals surface area contributed by atoms with Crippen molar-refractivity contribution >= 4 is 16.1 Å². The Hall–Kier alpha value is -0.940. The summed E-state index contributed by atoms with van der Waals surface area (Å²) < 4.78 is 89.4. The van der Waals surface area contributed by atoms with Gasteiger partial charge in [0.1, 0.15) is 5.60 Å². The zero-order valence-corrected chi connectivity index (χ0v) is 13.1. The molecular weight excluding hydrogens is 360 g/mol. The molecule has 0 saturated heterocycles. The molecule has 138 valence electrons. The van der Waals surface area contributed by atoms with E-state index in [0.29, 0.717) is 12.8 Å². The van der Waals surface area contributed by atoms with Crippen LogP contribution < -0.4 is 0 Å². The van der Waals surface area contributed by atoms with Gasteiger partial charge in [0.25, 0.3) is 0 Å². The lowest BCUT2D eigenvalue weighted by atomic mass is 9.52. The van der Waals surface area contributed by atoms with Gasteiger partial charge in [-0.2, -0.15) is 17.6 Å². The van der Waals surface area contributed by atoms with Gasteiger partial charge in [0.05, 0.1) is 5.60 Å². The van der Waals surface area contributed by atoms with Crippen LogP contribution >= 0.6 is 0 Å². The first-order valence-corrected chi connectivity index (χ1v) is 8.78. The Bertz CT molecular complexity index is 662. The van der Waals surface area contributed by atoms with Gasteiger partial charge < -0.3 is 14.4 Å². The highest BCUT2D eigenvalue weighted by Crippen LogP contribution is 2.59. The highest BCUT2D eigenvalue weighted by molar-refractivity contribution is 7.86. The topological polar surface area (TPSA) is 104 Å². The summed E-state index contributed by atoms with van der Waals surface area (Å²) in [5.41, 5.74) is -2.73. The van der Waals surface area contributed by atoms with Gasteiger partial charge >= 0.3 is 17.1 Å². The predicted octanol–water partition coefficient (Wildman–Crippen LogP) is 1.39. The summed E-state index contributed by atoms with van der Waals surface area (Å²) in [7, 11) is -6.77. The van der Waals surface area contributed by atoms with Crippen molar-refractivity contribution in [3.63, 3.8) is 0 Å². The number of hydrogen-bond acceptors (Lipinski definition) is 6. The Morgan fingerprint density at radius 3 is 2.04 bits per heavy atom. The zero-order chi connectivity index (χ0) is 18.2. The summed E-state index contributed by atoms with van der Waals surface area (Å²) in [6, 6.07) is 0. The van der Waals surface area contributed by atoms with E-state index in [-0.39, 0.29) is 31.1 Å². The van der Waals surface area contributed by atoms with E-state index in [1.165, 1.54) is 0 Å². The molecule has 4 aliphatic rings. The fourth-order valence-corrected chi connectivity index (χ4v) is 5.18. The second-order valence-electron chi connectivity index (χ2n) is 7.30. The SMILES string of the molecule is O=C(OC12CC3CC(CC(O)(C3)C1)C2)C(F)(F)C(F)(F)S(=O)(=O)[O-]. The molecular formula is C13H15F4O6S-. The maximum Gasteiger partial charge on any atom is 0.418 e. The number of ether oxygens (including phenoxy) is 1. The molecule has 0 amide bonds. The number of carbonyl (C=O) groups is 1. The van der Waals surface area contributed by atoms with Crippen molar-refractivity contribution in [1.82, 2.24) is 0 Å². The van der Waals surface area contributed by atoms with E-state index < -0.39 is 38.5 Å². The van der Waals surface area contributed by atoms with Crippen LogP contribution in [-0.4, -0.2) is 46.4 Å². The number of alkyl halides is 4. The molecule has 11 heteroatoms. The molecule has 4 fully saturated rings. The molecule has 0 spiro atoms. The molecule has 2 atom stereocenters. The molecule has 24 heavy (non-hydrogen) atoms. The van der Waals surface area contributed by atoms with Crippen LogP contribution in [0.4, 0.5) is 17.6 Å². The summed E-state index contributed by atoms with van der Waals surface area (Å²) in [5.74, 6) is -8.72. The fraction of sp³-hybridized carbons (Fsp3) is 0.923. The van der Waals surface area contributed by atoms with Crippen LogP contribution in [0.1, 0.15) is 38.5 Å². The molecule has 1 N–H and O–H groups in total. The number of aliphatic hydroxyl groups is 1. The highest BCUT2D eigenvalue weighted by atomic mass is 32.2. The summed E-state index contributed by atoms with van der Waals surface area (Å²) in [6.07, 6.45) is 1.69. The number of esters is 1. The molecule has 4 saturated carbocycles. The van der Waals surface area contributed by atoms with Gasteiger partial charge in [-0.25, -0.2) is 13.2 Å². The molecule has 0 aromatic carbocycles. The summed E-state index contributed by atoms with van der Waals surface area (Å²) in [5, 5.41) is 4.28. The van der Waals surface area contributed by atoms with Gasteiger partial charge in [0.2, 0.25) is 0 Å². The molecule has 0 aromatic rings. The standard InChI is InChI=1S/C13H16F4O6S/c14-12(15,13(16,17)24(20,21)22)9(18)23-11-4-7-1-8(5-11)3-10(19,2-7)6-11/h7-8,19H,1-6H2,(H,20,21,22)/p-1. The molecule has 0 heterocycles. The van der Waals surface area contributed by atoms with Gasteiger partial charge in [0.15, 0.2) is 10.1 Å². The monoisotopic (exact) mass is 375 g/mol. The van der Waals surface area contributed by atoms with Crippen LogP contribution in [0.5, 0.6) is 0 Å². The molecule has 0 aliphatic heterocycles. The van der Waals surface area contributed by atoms with Crippen molar-refractivity contribution in [3.8, 4) is 0 Å². The van der Waals surface area contributed by atoms with E-state index in [0.717, 1.165) is 6.42 Å². The minimum atomic E-state index is -6.77. The summed E-state index contributed by atoms with van der Waals surface area (Å²) >= 11 is 0. The Morgan fingerprint density at radius 1 is 1.12 bits per heavy atom. The third-order valence-electron chi connectivity index (χ3n) is 5.22. The Morgan fingerprint density at radius 2 is 1.62 bits per heavy atom. The molecule has 4 bridgehead atoms. The van der Waals surface area contributed by atoms with Crippen molar-refractivity contribution in [2.75, 3.05) is 0 Å². The van der Waals surface area contributed by atoms with Crippen LogP contribution in [0, 0.1) is 11.8 Å². The number of halogens is 4. The van der Waals surface area contributed by atoms with E-state index in [1.807, 2.05) is 0 Å². The van der Waals surface area contributed by atoms with Crippen LogP contribution in [0.3, 0.4) is 0 Å². The van der Waals surface area contributed by atoms with E-state index in [2.05, 4.69) is 4.74 Å². The molecule has 4 rings (SSSR count). The highest BCUT2D eigenvalue weighted by Gasteiger charge is 2.70. The first kappa shape index (κ1) is 17.9. The summed E-state index contributed by atoms with van der Waals surface area (Å²) in [6.45, 7) is 0. The van der Waals surface area contributed by atoms with Gasteiger partial charge in [-0.3, -0.25) is 0 Å². The number of rotatable bonds is 4. The Kier molecular flexibility index (Phi) is 3.59. The third-order valence-corrected chi connectivity index (χ3v) is 6.11. The molecule has 2 unspecified atom stereocenters. The smallest absolute Gasteiger partial charge is 0.418 e. The van der Waals surface area contributed by atoms with Crippen LogP contribution in [-0.2, 0) is 19.6 Å². The van der Waals surface area contributed by atoms with Crippen LogP contribution in [0.25, 0.3) is 0 Å². The second-order valence-corrected chi connectivity index (χ2v) is 8.72. The van der Waals surface area contributed by atoms with Gasteiger partial charge in [-0.15, -0.1) is 0 Å². The van der Waals surface area contributed by atoms with E-state index in [1.54, 1.807) is 0 Å². The minimum absolute atomic E-state index is 0.0820. The maximum absolute atomic E-state index is 13.6. The lowest BCUT2D eigenvalue weighted by Gasteiger charge is -2.59. The zero-order valence-electron chi connectivity index (χ0n) is 12.3. The minimum Gasteiger partial charge on any atom is -0.743 e. The quantitative estimate of drug-likeness (QED) is 0.452. The van der Waals surface area contributed by atoms with Crippen molar-refractivity contribution in [1.29, 1.82) is 0 Å². The fourth-order valence-electron chi connectivity index (χ4n) is 4.79. The van der Waals surface area contributed by atoms with E-state index in [9.17, 15) is 40.4 Å². The van der Waals surface area contributed by atoms with Crippen molar-refractivity contribution in [2.24, 2.45) is 11.8 Å². The first-order chi connectivity index (χ1) is 10.7. The first-order valence-electron chi connectivity index (χ1n) is 7.37.